The van der Waals surface area contributed by atoms with Gasteiger partial charge >= 0.3 is 6.03 Å². The van der Waals surface area contributed by atoms with Crippen LogP contribution in [-0.2, 0) is 11.3 Å². The summed E-state index contributed by atoms with van der Waals surface area (Å²) in [4.78, 5) is 18.2. The molecule has 0 aliphatic carbocycles. The average molecular weight is 307 g/mol. The lowest BCUT2D eigenvalue weighted by Gasteiger charge is -2.22. The van der Waals surface area contributed by atoms with Crippen LogP contribution >= 0.6 is 11.3 Å². The number of methoxy groups -OCH3 is 1. The largest absolute Gasteiger partial charge is 0.461 e. The van der Waals surface area contributed by atoms with Crippen LogP contribution in [0.15, 0.2) is 28.1 Å². The predicted octanol–water partition coefficient (Wildman–Crippen LogP) is 3.25. The molecule has 1 aliphatic rings. The van der Waals surface area contributed by atoms with E-state index in [4.69, 9.17) is 9.15 Å². The zero-order valence-corrected chi connectivity index (χ0v) is 12.6. The number of likely N-dealkylation sites (tertiary alicyclic amines) is 1. The van der Waals surface area contributed by atoms with Crippen LogP contribution < -0.4 is 5.32 Å². The second kappa shape index (κ2) is 6.28. The molecule has 6 nitrogen and oxygen atoms in total. The van der Waals surface area contributed by atoms with Gasteiger partial charge in [-0.25, -0.2) is 9.78 Å². The van der Waals surface area contributed by atoms with Gasteiger partial charge in [0.05, 0.1) is 6.04 Å². The molecule has 1 fully saturated rings. The molecule has 1 aliphatic heterocycles. The minimum atomic E-state index is -0.128. The molecule has 2 aromatic heterocycles. The van der Waals surface area contributed by atoms with Crippen LogP contribution in [0.4, 0.5) is 9.93 Å². The quantitative estimate of drug-likeness (QED) is 0.941. The summed E-state index contributed by atoms with van der Waals surface area (Å²) in [7, 11) is 1.63. The third-order valence-electron chi connectivity index (χ3n) is 3.46. The Hall–Kier alpha value is -1.86. The van der Waals surface area contributed by atoms with Gasteiger partial charge in [0, 0.05) is 25.2 Å². The zero-order chi connectivity index (χ0) is 14.7. The smallest absolute Gasteiger partial charge is 0.324 e. The molecule has 2 aromatic rings. The van der Waals surface area contributed by atoms with E-state index in [1.54, 1.807) is 18.2 Å². The molecule has 3 rings (SSSR count). The Morgan fingerprint density at radius 2 is 2.52 bits per heavy atom. The molecular weight excluding hydrogens is 290 g/mol. The number of ether oxygens (including phenoxy) is 1. The van der Waals surface area contributed by atoms with Gasteiger partial charge < -0.3 is 14.1 Å². The van der Waals surface area contributed by atoms with E-state index in [2.05, 4.69) is 10.3 Å². The van der Waals surface area contributed by atoms with Gasteiger partial charge in [-0.15, -0.1) is 11.3 Å². The standard InChI is InChI=1S/C14H17N3O3S/c1-19-9-10-4-5-12(20-10)11-3-2-7-17(11)14(18)16-13-15-6-8-21-13/h4-6,8,11H,2-3,7,9H2,1H3,(H,15,16,18)/t11-/m1/s1. The van der Waals surface area contributed by atoms with Crippen molar-refractivity contribution in [2.24, 2.45) is 0 Å². The van der Waals surface area contributed by atoms with E-state index in [9.17, 15) is 4.79 Å². The summed E-state index contributed by atoms with van der Waals surface area (Å²) in [6.45, 7) is 1.17. The van der Waals surface area contributed by atoms with Crippen molar-refractivity contribution in [1.82, 2.24) is 9.88 Å². The van der Waals surface area contributed by atoms with Crippen molar-refractivity contribution in [2.75, 3.05) is 19.0 Å². The molecule has 0 saturated carbocycles. The molecule has 7 heteroatoms. The van der Waals surface area contributed by atoms with E-state index < -0.39 is 0 Å². The number of carbonyl (C=O) groups excluding carboxylic acids is 1. The molecule has 0 unspecified atom stereocenters. The summed E-state index contributed by atoms with van der Waals surface area (Å²) >= 11 is 1.41. The Kier molecular flexibility index (Phi) is 4.21. The average Bonchev–Trinajstić information content (AvgIpc) is 3.19. The molecule has 21 heavy (non-hydrogen) atoms. The summed E-state index contributed by atoms with van der Waals surface area (Å²) in [5.74, 6) is 1.59. The van der Waals surface area contributed by atoms with Crippen LogP contribution in [0.3, 0.4) is 0 Å². The normalized spacial score (nSPS) is 18.1. The molecule has 0 bridgehead atoms. The fraction of sp³-hybridized carbons (Fsp3) is 0.429. The number of anilines is 1. The Morgan fingerprint density at radius 3 is 3.29 bits per heavy atom. The van der Waals surface area contributed by atoms with Crippen molar-refractivity contribution in [2.45, 2.75) is 25.5 Å². The number of amides is 2. The topological polar surface area (TPSA) is 67.6 Å². The Balaban J connectivity index is 1.70. The Labute approximate surface area is 126 Å². The zero-order valence-electron chi connectivity index (χ0n) is 11.7. The first kappa shape index (κ1) is 14.1. The van der Waals surface area contributed by atoms with Gasteiger partial charge in [0.1, 0.15) is 18.1 Å². The molecule has 112 valence electrons. The maximum Gasteiger partial charge on any atom is 0.324 e. The number of urea groups is 1. The monoisotopic (exact) mass is 307 g/mol. The number of furan rings is 1. The number of nitrogens with one attached hydrogen (secondary N) is 1. The van der Waals surface area contributed by atoms with Crippen LogP contribution in [0.1, 0.15) is 30.4 Å². The van der Waals surface area contributed by atoms with E-state index in [1.807, 2.05) is 17.5 Å². The van der Waals surface area contributed by atoms with Crippen molar-refractivity contribution < 1.29 is 13.9 Å². The Bertz CT molecular complexity index is 596. The molecule has 0 radical (unpaired) electrons. The number of rotatable bonds is 4. The first-order chi connectivity index (χ1) is 10.3. The highest BCUT2D eigenvalue weighted by atomic mass is 32.1. The Morgan fingerprint density at radius 1 is 1.62 bits per heavy atom. The van der Waals surface area contributed by atoms with Gasteiger partial charge in [-0.05, 0) is 25.0 Å². The van der Waals surface area contributed by atoms with E-state index in [0.29, 0.717) is 11.7 Å². The lowest BCUT2D eigenvalue weighted by Crippen LogP contribution is -2.34. The fourth-order valence-corrected chi connectivity index (χ4v) is 3.07. The summed E-state index contributed by atoms with van der Waals surface area (Å²) in [6.07, 6.45) is 3.55. The highest BCUT2D eigenvalue weighted by Crippen LogP contribution is 2.33. The molecule has 1 atom stereocenters. The number of aromatic nitrogens is 1. The van der Waals surface area contributed by atoms with Crippen LogP contribution in [-0.4, -0.2) is 29.6 Å². The van der Waals surface area contributed by atoms with Gasteiger partial charge in [-0.3, -0.25) is 5.32 Å². The van der Waals surface area contributed by atoms with Crippen LogP contribution in [0.2, 0.25) is 0 Å². The van der Waals surface area contributed by atoms with Gasteiger partial charge in [0.2, 0.25) is 0 Å². The van der Waals surface area contributed by atoms with Crippen molar-refractivity contribution in [3.05, 3.63) is 35.2 Å². The van der Waals surface area contributed by atoms with E-state index in [0.717, 1.165) is 30.9 Å². The lowest BCUT2D eigenvalue weighted by atomic mass is 10.2. The van der Waals surface area contributed by atoms with E-state index in [-0.39, 0.29) is 12.1 Å². The van der Waals surface area contributed by atoms with Crippen molar-refractivity contribution in [3.63, 3.8) is 0 Å². The summed E-state index contributed by atoms with van der Waals surface area (Å²) < 4.78 is 10.8. The van der Waals surface area contributed by atoms with Gasteiger partial charge in [-0.2, -0.15) is 0 Å². The van der Waals surface area contributed by atoms with Gasteiger partial charge in [-0.1, -0.05) is 0 Å². The highest BCUT2D eigenvalue weighted by Gasteiger charge is 2.32. The van der Waals surface area contributed by atoms with Gasteiger partial charge in [0.15, 0.2) is 5.13 Å². The minimum Gasteiger partial charge on any atom is -0.461 e. The summed E-state index contributed by atoms with van der Waals surface area (Å²) in [5.41, 5.74) is 0. The first-order valence-electron chi connectivity index (χ1n) is 6.82. The summed E-state index contributed by atoms with van der Waals surface area (Å²) in [5, 5.41) is 5.27. The molecule has 2 amide bonds. The predicted molar refractivity (Wildman–Crippen MR) is 79.2 cm³/mol. The van der Waals surface area contributed by atoms with Crippen LogP contribution in [0.5, 0.6) is 0 Å². The second-order valence-corrected chi connectivity index (χ2v) is 5.75. The number of thiazole rings is 1. The highest BCUT2D eigenvalue weighted by molar-refractivity contribution is 7.13. The molecule has 1 saturated heterocycles. The van der Waals surface area contributed by atoms with Crippen LogP contribution in [0.25, 0.3) is 0 Å². The van der Waals surface area contributed by atoms with Crippen molar-refractivity contribution in [3.8, 4) is 0 Å². The van der Waals surface area contributed by atoms with E-state index >= 15 is 0 Å². The SMILES string of the molecule is COCc1ccc([C@H]2CCCN2C(=O)Nc2nccs2)o1. The second-order valence-electron chi connectivity index (χ2n) is 4.86. The number of hydrogen-bond donors (Lipinski definition) is 1. The molecule has 3 heterocycles. The molecule has 0 aromatic carbocycles. The number of nitrogens with zero attached hydrogens (tertiary/aromatic N) is 2. The van der Waals surface area contributed by atoms with Crippen LogP contribution in [0, 0.1) is 0 Å². The maximum atomic E-state index is 12.3. The van der Waals surface area contributed by atoms with E-state index in [1.165, 1.54) is 11.3 Å². The third-order valence-corrected chi connectivity index (χ3v) is 4.15. The third kappa shape index (κ3) is 3.08. The van der Waals surface area contributed by atoms with Crippen molar-refractivity contribution in [1.29, 1.82) is 0 Å². The van der Waals surface area contributed by atoms with Gasteiger partial charge in [0.25, 0.3) is 0 Å². The minimum absolute atomic E-state index is 0.0180. The van der Waals surface area contributed by atoms with Crippen molar-refractivity contribution >= 4 is 22.5 Å². The number of carbonyl (C=O) groups is 1. The number of hydrogen-bond acceptors (Lipinski definition) is 5. The molecule has 1 N–H and O–H groups in total. The molecule has 0 spiro atoms. The summed E-state index contributed by atoms with van der Waals surface area (Å²) in [6, 6.07) is 3.68. The fourth-order valence-electron chi connectivity index (χ4n) is 2.55. The lowest BCUT2D eigenvalue weighted by molar-refractivity contribution is 0.157. The molecular formula is C14H17N3O3S. The maximum absolute atomic E-state index is 12.3. The first-order valence-corrected chi connectivity index (χ1v) is 7.70.